The maximum Gasteiger partial charge on any atom is 0.336 e. The molecule has 1 unspecified atom stereocenters. The van der Waals surface area contributed by atoms with Crippen molar-refractivity contribution in [2.75, 3.05) is 6.79 Å². The third-order valence-electron chi connectivity index (χ3n) is 6.46. The number of carbonyl (C=O) groups excluding carboxylic acids is 2. The predicted octanol–water partition coefficient (Wildman–Crippen LogP) is 7.56. The van der Waals surface area contributed by atoms with E-state index in [0.717, 1.165) is 23.1 Å². The molecule has 0 saturated carbocycles. The summed E-state index contributed by atoms with van der Waals surface area (Å²) in [5, 5.41) is 0. The Morgan fingerprint density at radius 2 is 1.38 bits per heavy atom. The molecule has 0 N–H and O–H groups in total. The van der Waals surface area contributed by atoms with E-state index in [9.17, 15) is 9.59 Å². The Balaban J connectivity index is 1.51. The first-order valence-electron chi connectivity index (χ1n) is 12.6. The molecule has 3 aromatic carbocycles. The van der Waals surface area contributed by atoms with E-state index in [1.54, 1.807) is 18.2 Å². The van der Waals surface area contributed by atoms with E-state index >= 15 is 0 Å². The highest BCUT2D eigenvalue weighted by atomic mass is 16.7. The molecule has 3 rings (SSSR count). The summed E-state index contributed by atoms with van der Waals surface area (Å²) >= 11 is 0. The van der Waals surface area contributed by atoms with Crippen molar-refractivity contribution < 1.29 is 23.8 Å². The highest BCUT2D eigenvalue weighted by Gasteiger charge is 2.38. The number of benzene rings is 3. The van der Waals surface area contributed by atoms with Crippen LogP contribution in [-0.2, 0) is 14.3 Å². The van der Waals surface area contributed by atoms with E-state index in [1.807, 2.05) is 87.5 Å². The van der Waals surface area contributed by atoms with E-state index in [2.05, 4.69) is 13.8 Å². The molecule has 1 atom stereocenters. The van der Waals surface area contributed by atoms with Gasteiger partial charge >= 0.3 is 11.9 Å². The maximum atomic E-state index is 12.7. The summed E-state index contributed by atoms with van der Waals surface area (Å²) in [7, 11) is 0. The van der Waals surface area contributed by atoms with E-state index in [1.165, 1.54) is 6.08 Å². The monoisotopic (exact) mass is 500 g/mol. The molecule has 37 heavy (non-hydrogen) atoms. The van der Waals surface area contributed by atoms with Crippen molar-refractivity contribution in [1.82, 2.24) is 0 Å². The number of ether oxygens (including phenoxy) is 3. The normalized spacial score (nSPS) is 12.9. The van der Waals surface area contributed by atoms with Gasteiger partial charge in [-0.15, -0.1) is 0 Å². The van der Waals surface area contributed by atoms with Gasteiger partial charge in [0.2, 0.25) is 6.79 Å². The van der Waals surface area contributed by atoms with Crippen molar-refractivity contribution in [3.05, 3.63) is 90.5 Å². The van der Waals surface area contributed by atoms with Crippen LogP contribution in [0.2, 0.25) is 0 Å². The zero-order chi connectivity index (χ0) is 26.8. The van der Waals surface area contributed by atoms with Gasteiger partial charge in [-0.2, -0.15) is 0 Å². The molecule has 0 aliphatic carbocycles. The van der Waals surface area contributed by atoms with Gasteiger partial charge < -0.3 is 14.2 Å². The minimum atomic E-state index is -0.542. The molecule has 0 aliphatic rings. The van der Waals surface area contributed by atoms with Crippen molar-refractivity contribution in [1.29, 1.82) is 0 Å². The molecule has 0 radical (unpaired) electrons. The molecule has 0 fully saturated rings. The Kier molecular flexibility index (Phi) is 9.67. The average Bonchev–Trinajstić information content (AvgIpc) is 2.88. The standard InChI is InChI=1S/C32H36O5/c1-23(2)21-32(5,24(3)4)31(34)36-22-35-28-16-12-26(13-17-28)27-14-18-29(19-15-27)37-30(33)20-11-25-9-7-6-8-10-25/h6-20,23-24H,21-22H2,1-5H3. The largest absolute Gasteiger partial charge is 0.457 e. The molecule has 0 spiro atoms. The van der Waals surface area contributed by atoms with E-state index in [-0.39, 0.29) is 18.7 Å². The molecule has 5 nitrogen and oxygen atoms in total. The Labute approximate surface area is 220 Å². The van der Waals surface area contributed by atoms with Crippen molar-refractivity contribution >= 4 is 18.0 Å². The SMILES string of the molecule is CC(C)CC(C)(C(=O)OCOc1ccc(-c2ccc(OC(=O)C=Cc3ccccc3)cc2)cc1)C(C)C. The number of esters is 2. The lowest BCUT2D eigenvalue weighted by Crippen LogP contribution is -2.37. The minimum Gasteiger partial charge on any atom is -0.457 e. The summed E-state index contributed by atoms with van der Waals surface area (Å²) in [6.07, 6.45) is 3.89. The van der Waals surface area contributed by atoms with Crippen LogP contribution in [0.25, 0.3) is 17.2 Å². The summed E-state index contributed by atoms with van der Waals surface area (Å²) in [4.78, 5) is 24.8. The van der Waals surface area contributed by atoms with Crippen LogP contribution in [0.15, 0.2) is 84.9 Å². The summed E-state index contributed by atoms with van der Waals surface area (Å²) in [6, 6.07) is 24.4. The van der Waals surface area contributed by atoms with Crippen LogP contribution in [0.4, 0.5) is 0 Å². The molecule has 0 amide bonds. The summed E-state index contributed by atoms with van der Waals surface area (Å²) < 4.78 is 16.5. The third-order valence-corrected chi connectivity index (χ3v) is 6.46. The molecule has 3 aromatic rings. The van der Waals surface area contributed by atoms with Crippen LogP contribution in [0, 0.1) is 17.3 Å². The number of hydrogen-bond donors (Lipinski definition) is 0. The summed E-state index contributed by atoms with van der Waals surface area (Å²) in [6.45, 7) is 10.1. The van der Waals surface area contributed by atoms with Crippen LogP contribution in [0.5, 0.6) is 11.5 Å². The van der Waals surface area contributed by atoms with E-state index in [4.69, 9.17) is 14.2 Å². The van der Waals surface area contributed by atoms with Gasteiger partial charge in [-0.1, -0.05) is 82.3 Å². The Morgan fingerprint density at radius 1 is 0.811 bits per heavy atom. The molecule has 0 aromatic heterocycles. The zero-order valence-electron chi connectivity index (χ0n) is 22.3. The first-order valence-corrected chi connectivity index (χ1v) is 12.6. The highest BCUT2D eigenvalue weighted by Crippen LogP contribution is 2.35. The van der Waals surface area contributed by atoms with Gasteiger partial charge in [0.15, 0.2) is 0 Å². The van der Waals surface area contributed by atoms with Gasteiger partial charge in [-0.05, 0) is 72.2 Å². The van der Waals surface area contributed by atoms with E-state index < -0.39 is 11.4 Å². The molecular weight excluding hydrogens is 464 g/mol. The van der Waals surface area contributed by atoms with Gasteiger partial charge in [-0.25, -0.2) is 4.79 Å². The molecule has 5 heteroatoms. The third kappa shape index (κ3) is 8.07. The van der Waals surface area contributed by atoms with Crippen LogP contribution in [0.3, 0.4) is 0 Å². The lowest BCUT2D eigenvalue weighted by atomic mass is 9.73. The molecule has 0 bridgehead atoms. The number of hydrogen-bond acceptors (Lipinski definition) is 5. The number of carbonyl (C=O) groups is 2. The lowest BCUT2D eigenvalue weighted by Gasteiger charge is -2.32. The summed E-state index contributed by atoms with van der Waals surface area (Å²) in [5.41, 5.74) is 2.34. The van der Waals surface area contributed by atoms with Gasteiger partial charge in [0.05, 0.1) is 5.41 Å². The smallest absolute Gasteiger partial charge is 0.336 e. The zero-order valence-corrected chi connectivity index (χ0v) is 22.3. The fourth-order valence-corrected chi connectivity index (χ4v) is 4.06. The highest BCUT2D eigenvalue weighted by molar-refractivity contribution is 5.88. The Morgan fingerprint density at radius 3 is 1.92 bits per heavy atom. The molecule has 0 saturated heterocycles. The number of rotatable bonds is 11. The maximum absolute atomic E-state index is 12.7. The Bertz CT molecular complexity index is 1180. The van der Waals surface area contributed by atoms with Crippen molar-refractivity contribution in [2.45, 2.75) is 41.0 Å². The molecule has 0 heterocycles. The predicted molar refractivity (Wildman–Crippen MR) is 147 cm³/mol. The fourth-order valence-electron chi connectivity index (χ4n) is 4.06. The van der Waals surface area contributed by atoms with Crippen LogP contribution in [0.1, 0.15) is 46.6 Å². The van der Waals surface area contributed by atoms with Crippen LogP contribution < -0.4 is 9.47 Å². The van der Waals surface area contributed by atoms with Gasteiger partial charge in [-0.3, -0.25) is 4.79 Å². The van der Waals surface area contributed by atoms with Gasteiger partial charge in [0.1, 0.15) is 11.5 Å². The first-order chi connectivity index (χ1) is 17.7. The van der Waals surface area contributed by atoms with Crippen molar-refractivity contribution in [3.63, 3.8) is 0 Å². The quantitative estimate of drug-likeness (QED) is 0.118. The second-order valence-electron chi connectivity index (χ2n) is 10.1. The molecule has 0 aliphatic heterocycles. The second kappa shape index (κ2) is 12.9. The Hall–Kier alpha value is -3.86. The topological polar surface area (TPSA) is 61.8 Å². The van der Waals surface area contributed by atoms with Crippen LogP contribution in [-0.4, -0.2) is 18.7 Å². The molecule has 194 valence electrons. The van der Waals surface area contributed by atoms with Crippen molar-refractivity contribution in [2.24, 2.45) is 17.3 Å². The van der Waals surface area contributed by atoms with Crippen LogP contribution >= 0.6 is 0 Å². The molecular formula is C32H36O5. The van der Waals surface area contributed by atoms with Gasteiger partial charge in [0.25, 0.3) is 0 Å². The second-order valence-corrected chi connectivity index (χ2v) is 10.1. The first kappa shape index (κ1) is 27.7. The van der Waals surface area contributed by atoms with Crippen molar-refractivity contribution in [3.8, 4) is 22.6 Å². The van der Waals surface area contributed by atoms with E-state index in [0.29, 0.717) is 17.4 Å². The van der Waals surface area contributed by atoms with Gasteiger partial charge in [0, 0.05) is 6.08 Å². The summed E-state index contributed by atoms with van der Waals surface area (Å²) in [5.74, 6) is 0.982. The lowest BCUT2D eigenvalue weighted by molar-refractivity contribution is -0.165. The average molecular weight is 501 g/mol. The minimum absolute atomic E-state index is 0.128. The fraction of sp³-hybridized carbons (Fsp3) is 0.312.